The molecule has 0 amide bonds. The summed E-state index contributed by atoms with van der Waals surface area (Å²) in [7, 11) is 0. The van der Waals surface area contributed by atoms with E-state index < -0.39 is 0 Å². The maximum atomic E-state index is 12.0. The van der Waals surface area contributed by atoms with Gasteiger partial charge in [0.2, 0.25) is 11.4 Å². The molecule has 1 aliphatic heterocycles. The van der Waals surface area contributed by atoms with Gasteiger partial charge in [-0.05, 0) is 80.3 Å². The summed E-state index contributed by atoms with van der Waals surface area (Å²) in [4.78, 5) is 0. The van der Waals surface area contributed by atoms with E-state index in [1.54, 1.807) is 0 Å². The predicted molar refractivity (Wildman–Crippen MR) is 224 cm³/mol. The van der Waals surface area contributed by atoms with Crippen LogP contribution < -0.4 is 0 Å². The smallest absolute Gasteiger partial charge is 0.223 e. The Balaban J connectivity index is 1.58. The predicted octanol–water partition coefficient (Wildman–Crippen LogP) is 15.8. The van der Waals surface area contributed by atoms with Crippen molar-refractivity contribution in [1.82, 2.24) is 0 Å². The summed E-state index contributed by atoms with van der Waals surface area (Å²) in [6, 6.07) is 17.7. The van der Waals surface area contributed by atoms with Crippen molar-refractivity contribution < 1.29 is 4.70 Å². The Morgan fingerprint density at radius 3 is 1.51 bits per heavy atom. The lowest BCUT2D eigenvalue weighted by Crippen LogP contribution is -2.03. The molecule has 0 aromatic heterocycles. The summed E-state index contributed by atoms with van der Waals surface area (Å²) in [6.45, 7) is 9.04. The third-order valence-electron chi connectivity index (χ3n) is 10.7. The van der Waals surface area contributed by atoms with Crippen LogP contribution in [0, 0.1) is 11.8 Å². The Morgan fingerprint density at radius 2 is 0.961 bits per heavy atom. The lowest BCUT2D eigenvalue weighted by atomic mass is 9.94. The van der Waals surface area contributed by atoms with E-state index >= 15 is 0 Å². The lowest BCUT2D eigenvalue weighted by molar-refractivity contribution is -0.345. The van der Waals surface area contributed by atoms with E-state index in [2.05, 4.69) is 88.1 Å². The summed E-state index contributed by atoms with van der Waals surface area (Å²) in [5.74, 6) is 7.22. The molecular weight excluding hydrogens is 617 g/mol. The molecule has 0 spiro atoms. The molecule has 0 radical (unpaired) electrons. The minimum atomic E-state index is 0.854. The molecule has 0 saturated heterocycles. The van der Waals surface area contributed by atoms with Gasteiger partial charge in [0.05, 0.1) is 0 Å². The Bertz CT molecular complexity index is 1380. The molecule has 3 rings (SSSR count). The van der Waals surface area contributed by atoms with Gasteiger partial charge in [0, 0.05) is 23.1 Å². The largest absolute Gasteiger partial charge is 0.493 e. The topological polar surface area (TPSA) is 25.3 Å². The second kappa shape index (κ2) is 26.8. The average molecular weight is 691 g/mol. The Morgan fingerprint density at radius 1 is 0.471 bits per heavy atom. The zero-order valence-corrected chi connectivity index (χ0v) is 33.6. The number of rotatable bonds is 28. The molecule has 51 heavy (non-hydrogen) atoms. The van der Waals surface area contributed by atoms with Crippen LogP contribution in [0.3, 0.4) is 0 Å². The molecule has 280 valence electrons. The van der Waals surface area contributed by atoms with Gasteiger partial charge in [0.1, 0.15) is 5.57 Å². The first-order valence-corrected chi connectivity index (χ1v) is 21.8. The maximum Gasteiger partial charge on any atom is 0.223 e. The van der Waals surface area contributed by atoms with Crippen molar-refractivity contribution in [1.29, 1.82) is 0 Å². The number of hydrogen-bond donors (Lipinski definition) is 0. The van der Waals surface area contributed by atoms with Crippen LogP contribution in [0.5, 0.6) is 0 Å². The first-order valence-electron chi connectivity index (χ1n) is 21.8. The van der Waals surface area contributed by atoms with Crippen LogP contribution >= 0.6 is 0 Å². The summed E-state index contributed by atoms with van der Waals surface area (Å²) >= 11 is 0. The summed E-state index contributed by atoms with van der Waals surface area (Å²) in [5, 5.41) is 0. The Hall–Kier alpha value is -2.92. The van der Waals surface area contributed by atoms with E-state index in [4.69, 9.17) is 0 Å². The van der Waals surface area contributed by atoms with Crippen molar-refractivity contribution in [3.05, 3.63) is 87.5 Å². The monoisotopic (exact) mass is 691 g/mol. The normalized spacial score (nSPS) is 13.0. The number of allylic oxidation sites excluding steroid dienone is 2. The number of unbranched alkanes of at least 4 members (excludes halogenated alkanes) is 20. The van der Waals surface area contributed by atoms with Crippen molar-refractivity contribution in [3.8, 4) is 11.8 Å². The standard InChI is InChI=1S/C49H74N2/c1-5-9-13-14-15-16-17-18-19-20-21-22-23-24-25-26-27-28-29-36-47-46(35-12-8-4)49(45-34-30-33-43(41-45)32-11-7-3)51(50)48(47)44-39-37-42(38-40-44)31-10-6-2/h30,33-34,37-41H,5-28,31-32,35H2,1-4H3. The molecule has 0 atom stereocenters. The van der Waals surface area contributed by atoms with Gasteiger partial charge in [-0.3, -0.25) is 0 Å². The highest BCUT2D eigenvalue weighted by Gasteiger charge is 2.35. The average Bonchev–Trinajstić information content (AvgIpc) is 3.43. The molecule has 2 aromatic carbocycles. The van der Waals surface area contributed by atoms with E-state index in [-0.39, 0.29) is 0 Å². The second-order valence-electron chi connectivity index (χ2n) is 15.3. The number of hydrogen-bond acceptors (Lipinski definition) is 0. The van der Waals surface area contributed by atoms with Gasteiger partial charge in [0.15, 0.2) is 0 Å². The zero-order valence-electron chi connectivity index (χ0n) is 33.6. The Labute approximate surface area is 315 Å². The fraction of sp³-hybridized carbons (Fsp3) is 0.633. The molecule has 0 fully saturated rings. The summed E-state index contributed by atoms with van der Waals surface area (Å²) in [6.07, 6.45) is 34.6. The highest BCUT2D eigenvalue weighted by Crippen LogP contribution is 2.42. The minimum absolute atomic E-state index is 0.854. The van der Waals surface area contributed by atoms with E-state index in [9.17, 15) is 5.53 Å². The molecule has 0 unspecified atom stereocenters. The van der Waals surface area contributed by atoms with Crippen LogP contribution in [0.2, 0.25) is 0 Å². The molecule has 2 nitrogen and oxygen atoms in total. The summed E-state index contributed by atoms with van der Waals surface area (Å²) in [5.41, 5.74) is 20.8. The van der Waals surface area contributed by atoms with Crippen molar-refractivity contribution in [2.75, 3.05) is 0 Å². The molecular formula is C49H74N2. The van der Waals surface area contributed by atoms with Crippen molar-refractivity contribution >= 4 is 11.4 Å². The van der Waals surface area contributed by atoms with Gasteiger partial charge in [-0.1, -0.05) is 186 Å². The van der Waals surface area contributed by atoms with Crippen LogP contribution in [0.15, 0.2) is 59.7 Å². The number of nitrogens with zero attached hydrogens (tertiary/aromatic N) is 2. The summed E-state index contributed by atoms with van der Waals surface area (Å²) < 4.78 is 1.48. The van der Waals surface area contributed by atoms with Crippen LogP contribution in [0.25, 0.3) is 16.9 Å². The van der Waals surface area contributed by atoms with E-state index in [0.717, 1.165) is 73.0 Å². The maximum absolute atomic E-state index is 12.0. The lowest BCUT2D eigenvalue weighted by Gasteiger charge is -2.11. The van der Waals surface area contributed by atoms with Crippen molar-refractivity contribution in [2.24, 2.45) is 0 Å². The highest BCUT2D eigenvalue weighted by molar-refractivity contribution is 5.85. The molecule has 1 heterocycles. The fourth-order valence-corrected chi connectivity index (χ4v) is 7.46. The van der Waals surface area contributed by atoms with E-state index in [1.165, 1.54) is 150 Å². The van der Waals surface area contributed by atoms with Gasteiger partial charge in [-0.15, -0.1) is 0 Å². The zero-order chi connectivity index (χ0) is 36.4. The van der Waals surface area contributed by atoms with Gasteiger partial charge in [-0.25, -0.2) is 4.70 Å². The molecule has 0 aliphatic carbocycles. The molecule has 0 bridgehead atoms. The quantitative estimate of drug-likeness (QED) is 0.0482. The van der Waals surface area contributed by atoms with Gasteiger partial charge >= 0.3 is 0 Å². The SMILES string of the molecule is CCCCCCCCCCCCCCCCCCCC#CC1=C(c2ccc(CCCC)cc2)[N+](=[N-])C(c2cccc(CCCC)c2)=C1CCCC. The third kappa shape index (κ3) is 15.7. The number of aryl methyl sites for hydroxylation is 2. The molecule has 0 saturated carbocycles. The Kier molecular flexibility index (Phi) is 22.3. The van der Waals surface area contributed by atoms with Crippen LogP contribution in [-0.4, -0.2) is 4.70 Å². The fourth-order valence-electron chi connectivity index (χ4n) is 7.46. The minimum Gasteiger partial charge on any atom is -0.493 e. The first-order chi connectivity index (χ1) is 25.1. The van der Waals surface area contributed by atoms with Gasteiger partial charge < -0.3 is 5.53 Å². The van der Waals surface area contributed by atoms with Crippen LogP contribution in [0.1, 0.15) is 210 Å². The molecule has 0 N–H and O–H groups in total. The highest BCUT2D eigenvalue weighted by atomic mass is 15.2. The molecule has 2 heteroatoms. The van der Waals surface area contributed by atoms with Gasteiger partial charge in [-0.2, -0.15) is 0 Å². The molecule has 1 aliphatic rings. The van der Waals surface area contributed by atoms with Gasteiger partial charge in [0.25, 0.3) is 0 Å². The van der Waals surface area contributed by atoms with E-state index in [0.29, 0.717) is 0 Å². The number of benzene rings is 2. The van der Waals surface area contributed by atoms with E-state index in [1.807, 2.05) is 0 Å². The van der Waals surface area contributed by atoms with Crippen LogP contribution in [-0.2, 0) is 12.8 Å². The van der Waals surface area contributed by atoms with Crippen LogP contribution in [0.4, 0.5) is 0 Å². The first kappa shape index (κ1) is 42.5. The second-order valence-corrected chi connectivity index (χ2v) is 15.3. The van der Waals surface area contributed by atoms with Crippen molar-refractivity contribution in [3.63, 3.8) is 0 Å². The molecule has 2 aromatic rings. The van der Waals surface area contributed by atoms with Crippen molar-refractivity contribution in [2.45, 2.75) is 201 Å². The third-order valence-corrected chi connectivity index (χ3v) is 10.7.